The molecule has 0 aliphatic rings. The van der Waals surface area contributed by atoms with Crippen LogP contribution >= 0.6 is 0 Å². The molecule has 0 aliphatic heterocycles. The first-order chi connectivity index (χ1) is 10.1. The molecule has 2 nitrogen and oxygen atoms in total. The first-order valence-electron chi connectivity index (χ1n) is 7.22. The van der Waals surface area contributed by atoms with Gasteiger partial charge in [-0.3, -0.25) is 0 Å². The number of para-hydroxylation sites is 1. The Morgan fingerprint density at radius 3 is 2.29 bits per heavy atom. The van der Waals surface area contributed by atoms with Crippen LogP contribution in [0.1, 0.15) is 12.5 Å². The quantitative estimate of drug-likeness (QED) is 0.875. The number of nitrogens with zero attached hydrogens (tertiary/aromatic N) is 1. The molecule has 2 rings (SSSR count). The monoisotopic (exact) mass is 286 g/mol. The summed E-state index contributed by atoms with van der Waals surface area (Å²) in [6, 6.07) is 17.3. The predicted molar refractivity (Wildman–Crippen MR) is 87.4 cm³/mol. The normalized spacial score (nSPS) is 13.7. The van der Waals surface area contributed by atoms with E-state index in [-0.39, 0.29) is 11.2 Å². The van der Waals surface area contributed by atoms with Gasteiger partial charge >= 0.3 is 0 Å². The number of hydrogen-bond acceptors (Lipinski definition) is 2. The van der Waals surface area contributed by atoms with Crippen LogP contribution in [0.3, 0.4) is 0 Å². The molecule has 0 spiro atoms. The number of hydrogen-bond donors (Lipinski definition) is 1. The highest BCUT2D eigenvalue weighted by atomic mass is 19.1. The van der Waals surface area contributed by atoms with Gasteiger partial charge in [0.2, 0.25) is 0 Å². The average Bonchev–Trinajstić information content (AvgIpc) is 2.48. The second-order valence-electron chi connectivity index (χ2n) is 5.76. The van der Waals surface area contributed by atoms with Gasteiger partial charge in [0.05, 0.1) is 5.69 Å². The Bertz CT molecular complexity index is 570. The van der Waals surface area contributed by atoms with E-state index in [1.165, 1.54) is 11.6 Å². The summed E-state index contributed by atoms with van der Waals surface area (Å²) in [5.74, 6) is -0.181. The number of benzene rings is 2. The zero-order chi connectivity index (χ0) is 15.3. The molecule has 0 heterocycles. The lowest BCUT2D eigenvalue weighted by molar-refractivity contribution is 0.448. The summed E-state index contributed by atoms with van der Waals surface area (Å²) in [7, 11) is 3.89. The van der Waals surface area contributed by atoms with Gasteiger partial charge in [-0.25, -0.2) is 4.39 Å². The van der Waals surface area contributed by atoms with Gasteiger partial charge in [-0.15, -0.1) is 0 Å². The van der Waals surface area contributed by atoms with E-state index in [1.807, 2.05) is 49.3 Å². The van der Waals surface area contributed by atoms with Crippen molar-refractivity contribution in [2.24, 2.45) is 0 Å². The second kappa shape index (κ2) is 6.72. The largest absolute Gasteiger partial charge is 0.371 e. The van der Waals surface area contributed by atoms with Crippen molar-refractivity contribution in [1.82, 2.24) is 5.32 Å². The van der Waals surface area contributed by atoms with Crippen LogP contribution in [0.25, 0.3) is 0 Å². The Balaban J connectivity index is 2.26. The Kier molecular flexibility index (Phi) is 4.97. The molecular formula is C18H23FN2. The van der Waals surface area contributed by atoms with E-state index in [4.69, 9.17) is 0 Å². The van der Waals surface area contributed by atoms with Crippen LogP contribution in [-0.2, 0) is 5.41 Å². The molecule has 1 atom stereocenters. The van der Waals surface area contributed by atoms with E-state index in [2.05, 4.69) is 24.4 Å². The lowest BCUT2D eigenvalue weighted by Crippen LogP contribution is -2.43. The topological polar surface area (TPSA) is 15.3 Å². The molecule has 1 N–H and O–H groups in total. The second-order valence-corrected chi connectivity index (χ2v) is 5.76. The number of likely N-dealkylation sites (N-methyl/N-ethyl adjacent to an activating group) is 2. The van der Waals surface area contributed by atoms with Crippen molar-refractivity contribution in [2.45, 2.75) is 12.3 Å². The van der Waals surface area contributed by atoms with Gasteiger partial charge in [-0.05, 0) is 24.7 Å². The van der Waals surface area contributed by atoms with Crippen LogP contribution in [0, 0.1) is 5.82 Å². The lowest BCUT2D eigenvalue weighted by atomic mass is 9.81. The molecule has 0 amide bonds. The van der Waals surface area contributed by atoms with Crippen LogP contribution < -0.4 is 10.2 Å². The summed E-state index contributed by atoms with van der Waals surface area (Å²) in [4.78, 5) is 1.99. The number of rotatable bonds is 6. The number of anilines is 1. The fourth-order valence-corrected chi connectivity index (χ4v) is 2.85. The number of halogens is 1. The van der Waals surface area contributed by atoms with Crippen molar-refractivity contribution in [1.29, 1.82) is 0 Å². The molecule has 3 heteroatoms. The highest BCUT2D eigenvalue weighted by molar-refractivity contribution is 5.48. The highest BCUT2D eigenvalue weighted by Gasteiger charge is 2.28. The number of nitrogens with one attached hydrogen (secondary N) is 1. The molecule has 2 aromatic rings. The molecule has 112 valence electrons. The third-order valence-electron chi connectivity index (χ3n) is 3.89. The molecule has 0 bridgehead atoms. The lowest BCUT2D eigenvalue weighted by Gasteiger charge is -2.35. The Morgan fingerprint density at radius 2 is 1.67 bits per heavy atom. The van der Waals surface area contributed by atoms with E-state index in [1.54, 1.807) is 6.07 Å². The molecule has 0 fully saturated rings. The van der Waals surface area contributed by atoms with E-state index < -0.39 is 0 Å². The maximum absolute atomic E-state index is 13.9. The maximum atomic E-state index is 13.9. The van der Waals surface area contributed by atoms with Gasteiger partial charge in [0.25, 0.3) is 0 Å². The van der Waals surface area contributed by atoms with Gasteiger partial charge in [-0.1, -0.05) is 49.4 Å². The fraction of sp³-hybridized carbons (Fsp3) is 0.333. The van der Waals surface area contributed by atoms with Crippen molar-refractivity contribution in [3.63, 3.8) is 0 Å². The molecule has 0 saturated heterocycles. The van der Waals surface area contributed by atoms with Gasteiger partial charge < -0.3 is 10.2 Å². The van der Waals surface area contributed by atoms with E-state index in [9.17, 15) is 4.39 Å². The minimum atomic E-state index is -0.181. The van der Waals surface area contributed by atoms with Crippen molar-refractivity contribution < 1.29 is 4.39 Å². The summed E-state index contributed by atoms with van der Waals surface area (Å²) in [6.07, 6.45) is 0. The summed E-state index contributed by atoms with van der Waals surface area (Å²) >= 11 is 0. The average molecular weight is 286 g/mol. The fourth-order valence-electron chi connectivity index (χ4n) is 2.85. The predicted octanol–water partition coefficient (Wildman–Crippen LogP) is 3.44. The van der Waals surface area contributed by atoms with Crippen LogP contribution in [-0.4, -0.2) is 27.2 Å². The van der Waals surface area contributed by atoms with E-state index in [0.29, 0.717) is 5.69 Å². The third kappa shape index (κ3) is 3.61. The van der Waals surface area contributed by atoms with Crippen molar-refractivity contribution >= 4 is 5.69 Å². The van der Waals surface area contributed by atoms with Crippen LogP contribution in [0.5, 0.6) is 0 Å². The van der Waals surface area contributed by atoms with E-state index in [0.717, 1.165) is 13.1 Å². The molecular weight excluding hydrogens is 263 g/mol. The summed E-state index contributed by atoms with van der Waals surface area (Å²) in [6.45, 7) is 3.77. The van der Waals surface area contributed by atoms with Gasteiger partial charge in [0.1, 0.15) is 5.82 Å². The zero-order valence-corrected chi connectivity index (χ0v) is 12.9. The Hall–Kier alpha value is -1.87. The third-order valence-corrected chi connectivity index (χ3v) is 3.89. The molecule has 0 radical (unpaired) electrons. The van der Waals surface area contributed by atoms with E-state index >= 15 is 0 Å². The summed E-state index contributed by atoms with van der Waals surface area (Å²) in [5, 5.41) is 3.26. The zero-order valence-electron chi connectivity index (χ0n) is 12.9. The molecule has 21 heavy (non-hydrogen) atoms. The first kappa shape index (κ1) is 15.5. The maximum Gasteiger partial charge on any atom is 0.146 e. The SMILES string of the molecule is CNCC(C)(CN(C)c1ccccc1F)c1ccccc1. The highest BCUT2D eigenvalue weighted by Crippen LogP contribution is 2.27. The Labute approximate surface area is 126 Å². The first-order valence-corrected chi connectivity index (χ1v) is 7.22. The van der Waals surface area contributed by atoms with Gasteiger partial charge in [-0.2, -0.15) is 0 Å². The Morgan fingerprint density at radius 1 is 1.05 bits per heavy atom. The standard InChI is InChI=1S/C18H23FN2/c1-18(13-20-2,15-9-5-4-6-10-15)14-21(3)17-12-8-7-11-16(17)19/h4-12,20H,13-14H2,1-3H3. The minimum absolute atomic E-state index is 0.0902. The summed E-state index contributed by atoms with van der Waals surface area (Å²) in [5.41, 5.74) is 1.80. The van der Waals surface area contributed by atoms with Crippen molar-refractivity contribution in [2.75, 3.05) is 32.1 Å². The molecule has 1 unspecified atom stereocenters. The van der Waals surface area contributed by atoms with Crippen molar-refractivity contribution in [3.8, 4) is 0 Å². The van der Waals surface area contributed by atoms with Gasteiger partial charge in [0.15, 0.2) is 0 Å². The molecule has 0 aromatic heterocycles. The molecule has 0 aliphatic carbocycles. The molecule has 2 aromatic carbocycles. The van der Waals surface area contributed by atoms with Crippen LogP contribution in [0.4, 0.5) is 10.1 Å². The smallest absolute Gasteiger partial charge is 0.146 e. The van der Waals surface area contributed by atoms with Crippen LogP contribution in [0.15, 0.2) is 54.6 Å². The molecule has 0 saturated carbocycles. The van der Waals surface area contributed by atoms with Crippen LogP contribution in [0.2, 0.25) is 0 Å². The minimum Gasteiger partial charge on any atom is -0.371 e. The summed E-state index contributed by atoms with van der Waals surface area (Å²) < 4.78 is 13.9. The van der Waals surface area contributed by atoms with Crippen molar-refractivity contribution in [3.05, 3.63) is 66.0 Å². The van der Waals surface area contributed by atoms with Gasteiger partial charge in [0, 0.05) is 25.6 Å².